The van der Waals surface area contributed by atoms with E-state index in [0.29, 0.717) is 12.8 Å². The number of carbonyl (C=O) groups excluding carboxylic acids is 1. The topological polar surface area (TPSA) is 66.4 Å². The molecule has 0 saturated heterocycles. The molecule has 2 N–H and O–H groups in total. The molecule has 4 nitrogen and oxygen atoms in total. The first-order valence-corrected chi connectivity index (χ1v) is 3.63. The summed E-state index contributed by atoms with van der Waals surface area (Å²) in [5, 5.41) is 10.8. The molecule has 0 aliphatic heterocycles. The Hall–Kier alpha value is -1.32. The number of carbonyl (C=O) groups is 2. The second-order valence-corrected chi connectivity index (χ2v) is 2.69. The Labute approximate surface area is 71.3 Å². The number of carboxylic acids is 1. The highest BCUT2D eigenvalue weighted by atomic mass is 16.4. The van der Waals surface area contributed by atoms with Crippen LogP contribution in [0.3, 0.4) is 0 Å². The molecular weight excluding hydrogens is 158 g/mol. The Balaban J connectivity index is 4.04. The second-order valence-electron chi connectivity index (χ2n) is 2.69. The predicted molar refractivity (Wildman–Crippen MR) is 44.7 cm³/mol. The Morgan fingerprint density at radius 3 is 2.50 bits per heavy atom. The molecule has 1 unspecified atom stereocenters. The molecule has 0 aliphatic carbocycles. The Morgan fingerprint density at radius 1 is 1.58 bits per heavy atom. The molecule has 0 bridgehead atoms. The number of amides is 1. The van der Waals surface area contributed by atoms with Crippen molar-refractivity contribution >= 4 is 12.4 Å². The lowest BCUT2D eigenvalue weighted by Crippen LogP contribution is -2.35. The van der Waals surface area contributed by atoms with Crippen LogP contribution in [-0.2, 0) is 9.59 Å². The maximum absolute atomic E-state index is 10.5. The van der Waals surface area contributed by atoms with Crippen LogP contribution in [-0.4, -0.2) is 23.5 Å². The van der Waals surface area contributed by atoms with Crippen molar-refractivity contribution in [2.24, 2.45) is 0 Å². The first kappa shape index (κ1) is 10.7. The van der Waals surface area contributed by atoms with Gasteiger partial charge in [-0.15, -0.1) is 0 Å². The van der Waals surface area contributed by atoms with Gasteiger partial charge in [-0.05, 0) is 20.3 Å². The van der Waals surface area contributed by atoms with Crippen LogP contribution >= 0.6 is 0 Å². The Kier molecular flexibility index (Phi) is 4.76. The van der Waals surface area contributed by atoms with Crippen LogP contribution in [0.15, 0.2) is 11.6 Å². The maximum Gasteiger partial charge on any atom is 0.326 e. The molecular formula is C8H13NO3. The molecule has 4 heteroatoms. The maximum atomic E-state index is 10.5. The van der Waals surface area contributed by atoms with Gasteiger partial charge in [0, 0.05) is 0 Å². The molecule has 0 aromatic heterocycles. The number of carboxylic acid groups (broad SMARTS) is 1. The molecule has 0 aromatic rings. The van der Waals surface area contributed by atoms with E-state index in [4.69, 9.17) is 5.11 Å². The summed E-state index contributed by atoms with van der Waals surface area (Å²) in [6, 6.07) is -0.808. The fourth-order valence-electron chi connectivity index (χ4n) is 0.676. The molecule has 0 saturated carbocycles. The zero-order chi connectivity index (χ0) is 9.56. The van der Waals surface area contributed by atoms with Crippen LogP contribution in [0.4, 0.5) is 0 Å². The van der Waals surface area contributed by atoms with Crippen LogP contribution in [0.2, 0.25) is 0 Å². The summed E-state index contributed by atoms with van der Waals surface area (Å²) in [5.41, 5.74) is 1.04. The Morgan fingerprint density at radius 2 is 2.17 bits per heavy atom. The van der Waals surface area contributed by atoms with E-state index in [2.05, 4.69) is 5.32 Å². The highest BCUT2D eigenvalue weighted by Crippen LogP contribution is 1.97. The lowest BCUT2D eigenvalue weighted by atomic mass is 10.1. The first-order chi connectivity index (χ1) is 5.57. The monoisotopic (exact) mass is 171 g/mol. The van der Waals surface area contributed by atoms with Gasteiger partial charge in [0.1, 0.15) is 6.04 Å². The normalized spacial score (nSPS) is 11.5. The summed E-state index contributed by atoms with van der Waals surface area (Å²) < 4.78 is 0. The summed E-state index contributed by atoms with van der Waals surface area (Å²) in [6.45, 7) is 3.75. The number of allylic oxidation sites excluding steroid dienone is 1. The highest BCUT2D eigenvalue weighted by molar-refractivity contribution is 5.76. The largest absolute Gasteiger partial charge is 0.480 e. The van der Waals surface area contributed by atoms with Crippen molar-refractivity contribution in [1.82, 2.24) is 5.32 Å². The number of aliphatic carboxylic acids is 1. The van der Waals surface area contributed by atoms with Gasteiger partial charge in [-0.3, -0.25) is 4.79 Å². The van der Waals surface area contributed by atoms with E-state index in [1.54, 1.807) is 6.08 Å². The van der Waals surface area contributed by atoms with Crippen LogP contribution < -0.4 is 5.32 Å². The quantitative estimate of drug-likeness (QED) is 0.468. The summed E-state index contributed by atoms with van der Waals surface area (Å²) in [6.07, 6.45) is 2.50. The van der Waals surface area contributed by atoms with Gasteiger partial charge in [-0.2, -0.15) is 0 Å². The Bertz CT molecular complexity index is 194. The predicted octanol–water partition coefficient (Wildman–Crippen LogP) is 0.542. The van der Waals surface area contributed by atoms with E-state index in [0.717, 1.165) is 5.57 Å². The van der Waals surface area contributed by atoms with Crippen molar-refractivity contribution in [3.05, 3.63) is 11.6 Å². The first-order valence-electron chi connectivity index (χ1n) is 3.63. The number of nitrogens with one attached hydrogen (secondary N) is 1. The van der Waals surface area contributed by atoms with Gasteiger partial charge in [-0.25, -0.2) is 4.79 Å². The van der Waals surface area contributed by atoms with E-state index in [-0.39, 0.29) is 0 Å². The summed E-state index contributed by atoms with van der Waals surface area (Å²) >= 11 is 0. The molecule has 12 heavy (non-hydrogen) atoms. The zero-order valence-corrected chi connectivity index (χ0v) is 7.20. The van der Waals surface area contributed by atoms with Gasteiger partial charge < -0.3 is 10.4 Å². The lowest BCUT2D eigenvalue weighted by Gasteiger charge is -2.07. The molecule has 1 atom stereocenters. The van der Waals surface area contributed by atoms with Gasteiger partial charge in [0.25, 0.3) is 0 Å². The average Bonchev–Trinajstić information content (AvgIpc) is 1.96. The van der Waals surface area contributed by atoms with Gasteiger partial charge in [-0.1, -0.05) is 11.6 Å². The number of rotatable bonds is 5. The van der Waals surface area contributed by atoms with Crippen molar-refractivity contribution in [2.45, 2.75) is 26.3 Å². The van der Waals surface area contributed by atoms with Crippen molar-refractivity contribution in [3.8, 4) is 0 Å². The van der Waals surface area contributed by atoms with E-state index in [9.17, 15) is 9.59 Å². The standard InChI is InChI=1S/C8H13NO3/c1-6(2)3-4-7(8(11)12)9-5-10/h3,5,7H,4H2,1-2H3,(H,9,10)(H,11,12). The zero-order valence-electron chi connectivity index (χ0n) is 7.20. The third kappa shape index (κ3) is 4.49. The SMILES string of the molecule is CC(C)=CCC(NC=O)C(=O)O. The third-order valence-corrected chi connectivity index (χ3v) is 1.33. The minimum Gasteiger partial charge on any atom is -0.480 e. The fraction of sp³-hybridized carbons (Fsp3) is 0.500. The van der Waals surface area contributed by atoms with Crippen molar-refractivity contribution < 1.29 is 14.7 Å². The molecule has 0 radical (unpaired) electrons. The highest BCUT2D eigenvalue weighted by Gasteiger charge is 2.13. The summed E-state index contributed by atoms with van der Waals surface area (Å²) in [5.74, 6) is -1.01. The van der Waals surface area contributed by atoms with Gasteiger partial charge in [0.15, 0.2) is 0 Å². The fourth-order valence-corrected chi connectivity index (χ4v) is 0.676. The molecule has 0 rings (SSSR count). The van der Waals surface area contributed by atoms with Crippen molar-refractivity contribution in [2.75, 3.05) is 0 Å². The van der Waals surface area contributed by atoms with Crippen LogP contribution in [0.25, 0.3) is 0 Å². The van der Waals surface area contributed by atoms with Crippen LogP contribution in [0.5, 0.6) is 0 Å². The third-order valence-electron chi connectivity index (χ3n) is 1.33. The molecule has 0 aromatic carbocycles. The molecule has 1 amide bonds. The molecule has 68 valence electrons. The average molecular weight is 171 g/mol. The van der Waals surface area contributed by atoms with E-state index < -0.39 is 12.0 Å². The molecule has 0 aliphatic rings. The number of hydrogen-bond donors (Lipinski definition) is 2. The minimum atomic E-state index is -1.01. The van der Waals surface area contributed by atoms with Crippen LogP contribution in [0.1, 0.15) is 20.3 Å². The van der Waals surface area contributed by atoms with Gasteiger partial charge in [0.2, 0.25) is 6.41 Å². The van der Waals surface area contributed by atoms with Gasteiger partial charge in [0.05, 0.1) is 0 Å². The summed E-state index contributed by atoms with van der Waals surface area (Å²) in [7, 11) is 0. The molecule has 0 fully saturated rings. The minimum absolute atomic E-state index is 0.330. The molecule has 0 heterocycles. The van der Waals surface area contributed by atoms with Crippen molar-refractivity contribution in [1.29, 1.82) is 0 Å². The van der Waals surface area contributed by atoms with Gasteiger partial charge >= 0.3 is 5.97 Å². The lowest BCUT2D eigenvalue weighted by molar-refractivity contribution is -0.140. The van der Waals surface area contributed by atoms with E-state index in [1.165, 1.54) is 0 Å². The van der Waals surface area contributed by atoms with Crippen LogP contribution in [0, 0.1) is 0 Å². The molecule has 0 spiro atoms. The van der Waals surface area contributed by atoms with E-state index in [1.807, 2.05) is 13.8 Å². The number of hydrogen-bond acceptors (Lipinski definition) is 2. The smallest absolute Gasteiger partial charge is 0.326 e. The summed E-state index contributed by atoms with van der Waals surface area (Å²) in [4.78, 5) is 20.4. The van der Waals surface area contributed by atoms with Crippen molar-refractivity contribution in [3.63, 3.8) is 0 Å². The van der Waals surface area contributed by atoms with E-state index >= 15 is 0 Å². The second kappa shape index (κ2) is 5.35.